The molecule has 0 saturated heterocycles. The van der Waals surface area contributed by atoms with Crippen molar-refractivity contribution in [3.05, 3.63) is 44.6 Å². The van der Waals surface area contributed by atoms with Crippen molar-refractivity contribution >= 4 is 54.6 Å². The number of sulfonamides is 1. The van der Waals surface area contributed by atoms with E-state index >= 15 is 0 Å². The van der Waals surface area contributed by atoms with Gasteiger partial charge in [-0.3, -0.25) is 4.31 Å². The maximum Gasteiger partial charge on any atom is 0.266 e. The SMILES string of the molecule is O=S(=O)(c1cc(CCl)sc1Br)N1CCCc2ccccc21. The summed E-state index contributed by atoms with van der Waals surface area (Å²) in [7, 11) is -3.56. The van der Waals surface area contributed by atoms with Gasteiger partial charge in [0.25, 0.3) is 10.0 Å². The zero-order chi connectivity index (χ0) is 15.0. The molecular formula is C14H13BrClNO2S2. The molecule has 1 aromatic heterocycles. The predicted molar refractivity (Wildman–Crippen MR) is 90.9 cm³/mol. The molecule has 1 aliphatic heterocycles. The van der Waals surface area contributed by atoms with Crippen molar-refractivity contribution in [1.82, 2.24) is 0 Å². The molecule has 0 bridgehead atoms. The van der Waals surface area contributed by atoms with Crippen LogP contribution in [0.1, 0.15) is 16.9 Å². The number of thiophene rings is 1. The Morgan fingerprint density at radius 2 is 2.10 bits per heavy atom. The van der Waals surface area contributed by atoms with E-state index < -0.39 is 10.0 Å². The number of aryl methyl sites for hydroxylation is 1. The number of hydrogen-bond acceptors (Lipinski definition) is 3. The lowest BCUT2D eigenvalue weighted by atomic mass is 10.0. The second-order valence-electron chi connectivity index (χ2n) is 4.79. The first-order valence-electron chi connectivity index (χ1n) is 6.49. The lowest BCUT2D eigenvalue weighted by molar-refractivity contribution is 0.586. The summed E-state index contributed by atoms with van der Waals surface area (Å²) in [6.45, 7) is 0.512. The molecule has 0 spiro atoms. The normalized spacial score (nSPS) is 15.0. The molecule has 0 amide bonds. The molecule has 0 unspecified atom stereocenters. The van der Waals surface area contributed by atoms with Gasteiger partial charge < -0.3 is 0 Å². The number of benzene rings is 1. The van der Waals surface area contributed by atoms with Crippen molar-refractivity contribution in [2.75, 3.05) is 10.8 Å². The third-order valence-electron chi connectivity index (χ3n) is 3.47. The van der Waals surface area contributed by atoms with Crippen LogP contribution in [0.2, 0.25) is 0 Å². The minimum absolute atomic E-state index is 0.305. The van der Waals surface area contributed by atoms with E-state index in [4.69, 9.17) is 11.6 Å². The van der Waals surface area contributed by atoms with Crippen LogP contribution in [-0.4, -0.2) is 15.0 Å². The molecule has 1 aromatic carbocycles. The van der Waals surface area contributed by atoms with Gasteiger partial charge in [0, 0.05) is 11.4 Å². The average molecular weight is 407 g/mol. The highest BCUT2D eigenvalue weighted by Gasteiger charge is 2.31. The Kier molecular flexibility index (Phi) is 4.32. The standard InChI is InChI=1S/C14H13BrClNO2S2/c15-14-13(8-11(9-16)20-14)21(18,19)17-7-3-5-10-4-1-2-6-12(10)17/h1-2,4,6,8H,3,5,7,9H2. The highest BCUT2D eigenvalue weighted by atomic mass is 79.9. The number of alkyl halides is 1. The number of rotatable bonds is 3. The smallest absolute Gasteiger partial charge is 0.266 e. The summed E-state index contributed by atoms with van der Waals surface area (Å²) >= 11 is 10.5. The highest BCUT2D eigenvalue weighted by Crippen LogP contribution is 2.38. The van der Waals surface area contributed by atoms with Crippen LogP contribution in [0.3, 0.4) is 0 Å². The molecule has 3 rings (SSSR count). The van der Waals surface area contributed by atoms with Crippen molar-refractivity contribution in [1.29, 1.82) is 0 Å². The fourth-order valence-corrected chi connectivity index (χ4v) is 6.77. The summed E-state index contributed by atoms with van der Waals surface area (Å²) in [5.41, 5.74) is 1.87. The second kappa shape index (κ2) is 5.91. The van der Waals surface area contributed by atoms with Gasteiger partial charge in [-0.2, -0.15) is 0 Å². The number of nitrogens with zero attached hydrogens (tertiary/aromatic N) is 1. The number of anilines is 1. The van der Waals surface area contributed by atoms with Crippen molar-refractivity contribution in [2.24, 2.45) is 0 Å². The number of para-hydroxylation sites is 1. The molecule has 0 saturated carbocycles. The third-order valence-corrected chi connectivity index (χ3v) is 7.99. The van der Waals surface area contributed by atoms with Crippen molar-refractivity contribution < 1.29 is 8.42 Å². The number of hydrogen-bond donors (Lipinski definition) is 0. The molecule has 0 atom stereocenters. The maximum absolute atomic E-state index is 13.0. The zero-order valence-electron chi connectivity index (χ0n) is 11.1. The molecule has 0 fully saturated rings. The van der Waals surface area contributed by atoms with Crippen LogP contribution < -0.4 is 4.31 Å². The number of fused-ring (bicyclic) bond motifs is 1. The molecule has 2 aromatic rings. The molecule has 1 aliphatic rings. The van der Waals surface area contributed by atoms with Gasteiger partial charge in [-0.25, -0.2) is 8.42 Å². The molecule has 3 nitrogen and oxygen atoms in total. The van der Waals surface area contributed by atoms with E-state index in [9.17, 15) is 8.42 Å². The first-order valence-corrected chi connectivity index (χ1v) is 10.1. The molecule has 0 N–H and O–H groups in total. The Labute approximate surface area is 141 Å². The van der Waals surface area contributed by atoms with Gasteiger partial charge in [0.15, 0.2) is 0 Å². The quantitative estimate of drug-likeness (QED) is 0.709. The van der Waals surface area contributed by atoms with Gasteiger partial charge in [0.1, 0.15) is 4.90 Å². The Morgan fingerprint density at radius 3 is 2.81 bits per heavy atom. The monoisotopic (exact) mass is 405 g/mol. The fourth-order valence-electron chi connectivity index (χ4n) is 2.51. The van der Waals surface area contributed by atoms with Crippen LogP contribution in [0.15, 0.2) is 39.0 Å². The molecule has 7 heteroatoms. The van der Waals surface area contributed by atoms with Crippen molar-refractivity contribution in [3.8, 4) is 0 Å². The zero-order valence-corrected chi connectivity index (χ0v) is 15.0. The van der Waals surface area contributed by atoms with Crippen LogP contribution in [0.5, 0.6) is 0 Å². The summed E-state index contributed by atoms with van der Waals surface area (Å²) in [5, 5.41) is 0. The van der Waals surface area contributed by atoms with Crippen molar-refractivity contribution in [2.45, 2.75) is 23.6 Å². The molecule has 2 heterocycles. The average Bonchev–Trinajstić information content (AvgIpc) is 2.88. The molecule has 112 valence electrons. The van der Waals surface area contributed by atoms with Crippen LogP contribution in [0.25, 0.3) is 0 Å². The first-order chi connectivity index (χ1) is 10.0. The summed E-state index contributed by atoms with van der Waals surface area (Å²) in [4.78, 5) is 1.15. The van der Waals surface area contributed by atoms with E-state index in [0.717, 1.165) is 29.0 Å². The van der Waals surface area contributed by atoms with Crippen molar-refractivity contribution in [3.63, 3.8) is 0 Å². The van der Waals surface area contributed by atoms with Gasteiger partial charge in [-0.15, -0.1) is 22.9 Å². The maximum atomic E-state index is 13.0. The lowest BCUT2D eigenvalue weighted by Gasteiger charge is -2.30. The van der Waals surface area contributed by atoms with Gasteiger partial charge in [-0.05, 0) is 46.5 Å². The van der Waals surface area contributed by atoms with Crippen LogP contribution in [0.4, 0.5) is 5.69 Å². The molecular weight excluding hydrogens is 394 g/mol. The molecule has 0 radical (unpaired) electrons. The van der Waals surface area contributed by atoms with Gasteiger partial charge in [0.05, 0.1) is 15.4 Å². The largest absolute Gasteiger partial charge is 0.266 e. The first kappa shape index (κ1) is 15.3. The Hall–Kier alpha value is -0.560. The summed E-state index contributed by atoms with van der Waals surface area (Å²) < 4.78 is 28.0. The fraction of sp³-hybridized carbons (Fsp3) is 0.286. The Bertz CT molecular complexity index is 773. The van der Waals surface area contributed by atoms with Crippen LogP contribution >= 0.6 is 38.9 Å². The predicted octanol–water partition coefficient (Wildman–Crippen LogP) is 4.39. The van der Waals surface area contributed by atoms with E-state index in [1.807, 2.05) is 24.3 Å². The van der Waals surface area contributed by atoms with Gasteiger partial charge in [0.2, 0.25) is 0 Å². The Balaban J connectivity index is 2.09. The molecule has 21 heavy (non-hydrogen) atoms. The van der Waals surface area contributed by atoms with Crippen LogP contribution in [-0.2, 0) is 22.3 Å². The molecule has 0 aliphatic carbocycles. The van der Waals surface area contributed by atoms with Gasteiger partial charge >= 0.3 is 0 Å². The highest BCUT2D eigenvalue weighted by molar-refractivity contribution is 9.11. The van der Waals surface area contributed by atoms with Crippen LogP contribution in [0, 0.1) is 0 Å². The third kappa shape index (κ3) is 2.74. The van der Waals surface area contributed by atoms with E-state index in [2.05, 4.69) is 15.9 Å². The number of halogens is 2. The van der Waals surface area contributed by atoms with E-state index in [1.165, 1.54) is 15.6 Å². The topological polar surface area (TPSA) is 37.4 Å². The van der Waals surface area contributed by atoms with E-state index in [1.54, 1.807) is 6.07 Å². The minimum Gasteiger partial charge on any atom is -0.266 e. The summed E-state index contributed by atoms with van der Waals surface area (Å²) in [6, 6.07) is 9.34. The van der Waals surface area contributed by atoms with E-state index in [0.29, 0.717) is 21.1 Å². The minimum atomic E-state index is -3.56. The van der Waals surface area contributed by atoms with E-state index in [-0.39, 0.29) is 0 Å². The summed E-state index contributed by atoms with van der Waals surface area (Å²) in [5.74, 6) is 0.315. The summed E-state index contributed by atoms with van der Waals surface area (Å²) in [6.07, 6.45) is 1.75. The lowest BCUT2D eigenvalue weighted by Crippen LogP contribution is -2.35. The Morgan fingerprint density at radius 1 is 1.33 bits per heavy atom. The van der Waals surface area contributed by atoms with Gasteiger partial charge in [-0.1, -0.05) is 18.2 Å². The second-order valence-corrected chi connectivity index (χ2v) is 9.35.